The second-order valence-electron chi connectivity index (χ2n) is 4.83. The molecule has 4 nitrogen and oxygen atoms in total. The molecule has 0 radical (unpaired) electrons. The van der Waals surface area contributed by atoms with Crippen LogP contribution < -0.4 is 5.43 Å². The second kappa shape index (κ2) is 6.79. The molecule has 1 aliphatic heterocycles. The molecular formula is C15H22N4S. The van der Waals surface area contributed by atoms with E-state index in [0.717, 1.165) is 36.1 Å². The number of hydrogen-bond acceptors (Lipinski definition) is 3. The molecule has 0 spiro atoms. The Morgan fingerprint density at radius 1 is 1.55 bits per heavy atom. The van der Waals surface area contributed by atoms with E-state index in [4.69, 9.17) is 0 Å². The first-order chi connectivity index (χ1) is 9.67. The van der Waals surface area contributed by atoms with Gasteiger partial charge in [-0.1, -0.05) is 24.8 Å². The van der Waals surface area contributed by atoms with Gasteiger partial charge in [0, 0.05) is 35.8 Å². The van der Waals surface area contributed by atoms with Gasteiger partial charge in [-0.05, 0) is 26.3 Å². The fourth-order valence-electron chi connectivity index (χ4n) is 2.25. The average Bonchev–Trinajstić information content (AvgIpc) is 2.74. The van der Waals surface area contributed by atoms with Gasteiger partial charge in [-0.25, -0.2) is 0 Å². The Hall–Kier alpha value is -1.49. The monoisotopic (exact) mass is 290 g/mol. The third-order valence-corrected chi connectivity index (χ3v) is 4.22. The molecule has 20 heavy (non-hydrogen) atoms. The standard InChI is InChI=1S/C15H22N4S/c1-5-7-16-15-18-17-14(10-20-15)13-9-11(3)19(8-6-2)12(13)4/h6,9H,2,5,7-8,10H2,1,3-4H3,(H,16,18). The van der Waals surface area contributed by atoms with Crippen LogP contribution in [0.5, 0.6) is 0 Å². The Kier molecular flexibility index (Phi) is 5.06. The Morgan fingerprint density at radius 3 is 2.95 bits per heavy atom. The summed E-state index contributed by atoms with van der Waals surface area (Å²) in [6.45, 7) is 11.9. The predicted octanol–water partition coefficient (Wildman–Crippen LogP) is 3.10. The Balaban J connectivity index is 2.19. The molecule has 0 fully saturated rings. The van der Waals surface area contributed by atoms with Gasteiger partial charge in [0.1, 0.15) is 0 Å². The summed E-state index contributed by atoms with van der Waals surface area (Å²) in [7, 11) is 0. The lowest BCUT2D eigenvalue weighted by molar-refractivity contribution is 0.768. The van der Waals surface area contributed by atoms with E-state index in [2.05, 4.69) is 53.5 Å². The van der Waals surface area contributed by atoms with E-state index in [9.17, 15) is 0 Å². The van der Waals surface area contributed by atoms with Crippen molar-refractivity contribution in [2.24, 2.45) is 10.1 Å². The number of allylic oxidation sites excluding steroid dienone is 1. The van der Waals surface area contributed by atoms with Crippen LogP contribution >= 0.6 is 11.8 Å². The fourth-order valence-corrected chi connectivity index (χ4v) is 3.04. The first-order valence-electron chi connectivity index (χ1n) is 6.95. The zero-order valence-electron chi connectivity index (χ0n) is 12.4. The summed E-state index contributed by atoms with van der Waals surface area (Å²) >= 11 is 1.72. The number of nitrogens with one attached hydrogen (secondary N) is 1. The van der Waals surface area contributed by atoms with Crippen molar-refractivity contribution in [3.8, 4) is 0 Å². The summed E-state index contributed by atoms with van der Waals surface area (Å²) in [4.78, 5) is 4.45. The van der Waals surface area contributed by atoms with Crippen molar-refractivity contribution in [1.29, 1.82) is 0 Å². The first-order valence-corrected chi connectivity index (χ1v) is 7.93. The topological polar surface area (TPSA) is 41.7 Å². The van der Waals surface area contributed by atoms with E-state index < -0.39 is 0 Å². The quantitative estimate of drug-likeness (QED) is 0.847. The molecule has 0 aromatic carbocycles. The van der Waals surface area contributed by atoms with E-state index in [-0.39, 0.29) is 0 Å². The minimum atomic E-state index is 0.842. The lowest BCUT2D eigenvalue weighted by Gasteiger charge is -2.15. The zero-order chi connectivity index (χ0) is 14.5. The van der Waals surface area contributed by atoms with Crippen molar-refractivity contribution in [3.63, 3.8) is 0 Å². The molecule has 0 saturated heterocycles. The number of hydrogen-bond donors (Lipinski definition) is 1. The lowest BCUT2D eigenvalue weighted by atomic mass is 10.1. The Morgan fingerprint density at radius 2 is 2.35 bits per heavy atom. The van der Waals surface area contributed by atoms with Crippen LogP contribution in [0, 0.1) is 13.8 Å². The molecule has 0 saturated carbocycles. The smallest absolute Gasteiger partial charge is 0.177 e. The number of hydrazone groups is 1. The number of aromatic nitrogens is 1. The van der Waals surface area contributed by atoms with Gasteiger partial charge in [0.2, 0.25) is 0 Å². The Labute approximate surface area is 125 Å². The molecule has 2 rings (SSSR count). The normalized spacial score (nSPS) is 16.9. The van der Waals surface area contributed by atoms with Crippen molar-refractivity contribution in [2.75, 3.05) is 12.3 Å². The first kappa shape index (κ1) is 14.9. The van der Waals surface area contributed by atoms with Crippen molar-refractivity contribution < 1.29 is 0 Å². The molecule has 1 N–H and O–H groups in total. The third-order valence-electron chi connectivity index (χ3n) is 3.31. The van der Waals surface area contributed by atoms with Gasteiger partial charge in [0.05, 0.1) is 5.71 Å². The van der Waals surface area contributed by atoms with E-state index in [1.807, 2.05) is 6.08 Å². The highest BCUT2D eigenvalue weighted by Gasteiger charge is 2.17. The average molecular weight is 290 g/mol. The maximum atomic E-state index is 4.49. The van der Waals surface area contributed by atoms with Crippen molar-refractivity contribution >= 4 is 22.6 Å². The van der Waals surface area contributed by atoms with Gasteiger partial charge in [-0.3, -0.25) is 10.4 Å². The number of nitrogens with zero attached hydrogens (tertiary/aromatic N) is 3. The molecule has 0 amide bonds. The second-order valence-corrected chi connectivity index (χ2v) is 5.79. The van der Waals surface area contributed by atoms with Crippen LogP contribution in [0.4, 0.5) is 0 Å². The highest BCUT2D eigenvalue weighted by Crippen LogP contribution is 2.20. The molecule has 0 aliphatic carbocycles. The van der Waals surface area contributed by atoms with Crippen LogP contribution in [0.25, 0.3) is 0 Å². The van der Waals surface area contributed by atoms with E-state index in [1.54, 1.807) is 11.8 Å². The number of aryl methyl sites for hydroxylation is 1. The van der Waals surface area contributed by atoms with Gasteiger partial charge in [0.25, 0.3) is 0 Å². The molecule has 0 unspecified atom stereocenters. The predicted molar refractivity (Wildman–Crippen MR) is 88.8 cm³/mol. The molecule has 108 valence electrons. The van der Waals surface area contributed by atoms with E-state index >= 15 is 0 Å². The van der Waals surface area contributed by atoms with Gasteiger partial charge in [-0.2, -0.15) is 5.10 Å². The lowest BCUT2D eigenvalue weighted by Crippen LogP contribution is -2.26. The molecular weight excluding hydrogens is 268 g/mol. The maximum Gasteiger partial charge on any atom is 0.177 e. The number of amidine groups is 1. The van der Waals surface area contributed by atoms with Gasteiger partial charge >= 0.3 is 0 Å². The van der Waals surface area contributed by atoms with Crippen LogP contribution in [0.1, 0.15) is 30.3 Å². The highest BCUT2D eigenvalue weighted by molar-refractivity contribution is 8.14. The molecule has 5 heteroatoms. The van der Waals surface area contributed by atoms with Gasteiger partial charge in [-0.15, -0.1) is 6.58 Å². The molecule has 1 aromatic rings. The van der Waals surface area contributed by atoms with E-state index in [0.29, 0.717) is 0 Å². The minimum absolute atomic E-state index is 0.842. The summed E-state index contributed by atoms with van der Waals surface area (Å²) in [5.74, 6) is 0.869. The van der Waals surface area contributed by atoms with Crippen LogP contribution in [0.2, 0.25) is 0 Å². The molecule has 2 heterocycles. The number of rotatable bonds is 5. The van der Waals surface area contributed by atoms with Crippen LogP contribution in [-0.2, 0) is 6.54 Å². The number of aliphatic imine (C=N–C) groups is 1. The van der Waals surface area contributed by atoms with Crippen molar-refractivity contribution in [1.82, 2.24) is 9.99 Å². The maximum absolute atomic E-state index is 4.49. The summed E-state index contributed by atoms with van der Waals surface area (Å²) in [6.07, 6.45) is 2.99. The van der Waals surface area contributed by atoms with Gasteiger partial charge in [0.15, 0.2) is 5.17 Å². The largest absolute Gasteiger partial charge is 0.345 e. The zero-order valence-corrected chi connectivity index (χ0v) is 13.3. The summed E-state index contributed by atoms with van der Waals surface area (Å²) in [6, 6.07) is 2.20. The SMILES string of the molecule is C=CCn1c(C)cc(C2=NNC(=NCCC)SC2)c1C. The summed E-state index contributed by atoms with van der Waals surface area (Å²) in [5.41, 5.74) is 7.87. The summed E-state index contributed by atoms with van der Waals surface area (Å²) < 4.78 is 2.26. The molecule has 1 aliphatic rings. The number of thioether (sulfide) groups is 1. The minimum Gasteiger partial charge on any atom is -0.345 e. The molecule has 0 bridgehead atoms. The van der Waals surface area contributed by atoms with Crippen molar-refractivity contribution in [2.45, 2.75) is 33.7 Å². The van der Waals surface area contributed by atoms with Crippen molar-refractivity contribution in [3.05, 3.63) is 35.7 Å². The van der Waals surface area contributed by atoms with Gasteiger partial charge < -0.3 is 4.57 Å². The molecule has 0 atom stereocenters. The molecule has 1 aromatic heterocycles. The van der Waals surface area contributed by atoms with E-state index in [1.165, 1.54) is 17.0 Å². The third kappa shape index (κ3) is 3.15. The fraction of sp³-hybridized carbons (Fsp3) is 0.467. The highest BCUT2D eigenvalue weighted by atomic mass is 32.2. The van der Waals surface area contributed by atoms with Crippen LogP contribution in [-0.4, -0.2) is 27.7 Å². The van der Waals surface area contributed by atoms with Crippen LogP contribution in [0.15, 0.2) is 28.8 Å². The Bertz CT molecular complexity index is 554. The van der Waals surface area contributed by atoms with Crippen LogP contribution in [0.3, 0.4) is 0 Å². The summed E-state index contributed by atoms with van der Waals surface area (Å²) in [5, 5.41) is 5.41.